The highest BCUT2D eigenvalue weighted by molar-refractivity contribution is 7.17. The number of nitrogens with one attached hydrogen (secondary N) is 1. The summed E-state index contributed by atoms with van der Waals surface area (Å²) in [7, 11) is 0. The molecule has 32 heavy (non-hydrogen) atoms. The Hall–Kier alpha value is -2.88. The van der Waals surface area contributed by atoms with E-state index in [1.165, 1.54) is 0 Å². The van der Waals surface area contributed by atoms with E-state index in [-0.39, 0.29) is 0 Å². The van der Waals surface area contributed by atoms with Gasteiger partial charge in [-0.2, -0.15) is 0 Å². The summed E-state index contributed by atoms with van der Waals surface area (Å²) in [5.74, 6) is 3.41. The van der Waals surface area contributed by atoms with Gasteiger partial charge in [-0.25, -0.2) is 9.97 Å². The van der Waals surface area contributed by atoms with Crippen molar-refractivity contribution in [2.45, 2.75) is 31.8 Å². The third-order valence-electron chi connectivity index (χ3n) is 5.85. The second kappa shape index (κ2) is 8.57. The van der Waals surface area contributed by atoms with Crippen LogP contribution in [-0.2, 0) is 17.8 Å². The van der Waals surface area contributed by atoms with E-state index >= 15 is 0 Å². The monoisotopic (exact) mass is 448 g/mol. The number of aromatic nitrogens is 4. The molecule has 1 aromatic carbocycles. The number of hydrogen-bond acceptors (Lipinski definition) is 9. The molecule has 0 spiro atoms. The average molecular weight is 449 g/mol. The van der Waals surface area contributed by atoms with Crippen LogP contribution in [0.15, 0.2) is 40.1 Å². The van der Waals surface area contributed by atoms with E-state index < -0.39 is 0 Å². The highest BCUT2D eigenvalue weighted by atomic mass is 32.1. The summed E-state index contributed by atoms with van der Waals surface area (Å²) in [6.45, 7) is 4.45. The number of ether oxygens (including phenoxy) is 1. The van der Waals surface area contributed by atoms with Crippen LogP contribution in [0.2, 0.25) is 0 Å². The number of hydrogen-bond donors (Lipinski definition) is 1. The summed E-state index contributed by atoms with van der Waals surface area (Å²) < 4.78 is 11.3. The molecular weight excluding hydrogens is 424 g/mol. The quantitative estimate of drug-likeness (QED) is 0.453. The molecule has 4 heterocycles. The minimum atomic E-state index is 0.437. The van der Waals surface area contributed by atoms with Crippen LogP contribution in [0.4, 0.5) is 5.82 Å². The fraction of sp³-hybridized carbons (Fsp3) is 0.391. The predicted molar refractivity (Wildman–Crippen MR) is 123 cm³/mol. The van der Waals surface area contributed by atoms with Gasteiger partial charge in [0.1, 0.15) is 16.5 Å². The number of thiophene rings is 1. The summed E-state index contributed by atoms with van der Waals surface area (Å²) in [5, 5.41) is 15.1. The summed E-state index contributed by atoms with van der Waals surface area (Å²) in [6.07, 6.45) is 2.28. The van der Waals surface area contributed by atoms with Gasteiger partial charge in [-0.15, -0.1) is 21.5 Å². The Morgan fingerprint density at radius 3 is 2.72 bits per heavy atom. The number of fused-ring (bicyclic) bond motifs is 1. The van der Waals surface area contributed by atoms with E-state index in [9.17, 15) is 0 Å². The number of anilines is 1. The normalized spacial score (nSPS) is 17.1. The van der Waals surface area contributed by atoms with Gasteiger partial charge in [-0.3, -0.25) is 4.90 Å². The first-order valence-electron chi connectivity index (χ1n) is 11.0. The first-order chi connectivity index (χ1) is 15.8. The van der Waals surface area contributed by atoms with Crippen molar-refractivity contribution in [2.75, 3.05) is 31.6 Å². The molecule has 0 unspecified atom stereocenters. The number of benzene rings is 1. The molecule has 0 amide bonds. The Labute approximate surface area is 189 Å². The third kappa shape index (κ3) is 4.11. The van der Waals surface area contributed by atoms with Crippen LogP contribution >= 0.6 is 11.3 Å². The molecule has 6 rings (SSSR count). The molecule has 2 fully saturated rings. The molecule has 8 nitrogen and oxygen atoms in total. The maximum atomic E-state index is 5.84. The van der Waals surface area contributed by atoms with Crippen molar-refractivity contribution >= 4 is 27.4 Å². The van der Waals surface area contributed by atoms with Gasteiger partial charge in [-0.05, 0) is 18.4 Å². The highest BCUT2D eigenvalue weighted by Crippen LogP contribution is 2.39. The van der Waals surface area contributed by atoms with Crippen LogP contribution in [0.5, 0.6) is 0 Å². The second-order valence-electron chi connectivity index (χ2n) is 8.23. The molecule has 4 aromatic rings. The molecule has 0 atom stereocenters. The fourth-order valence-corrected chi connectivity index (χ4v) is 4.93. The summed E-state index contributed by atoms with van der Waals surface area (Å²) in [6, 6.07) is 10.4. The van der Waals surface area contributed by atoms with Gasteiger partial charge in [0.25, 0.3) is 0 Å². The molecular formula is C23H24N6O2S. The minimum absolute atomic E-state index is 0.437. The van der Waals surface area contributed by atoms with Gasteiger partial charge >= 0.3 is 0 Å². The molecule has 1 aliphatic carbocycles. The Balaban J connectivity index is 1.33. The van der Waals surface area contributed by atoms with Crippen LogP contribution in [0, 0.1) is 0 Å². The summed E-state index contributed by atoms with van der Waals surface area (Å²) in [4.78, 5) is 13.1. The first kappa shape index (κ1) is 19.8. The topological polar surface area (TPSA) is 89.2 Å². The van der Waals surface area contributed by atoms with Gasteiger partial charge in [0.2, 0.25) is 11.8 Å². The lowest BCUT2D eigenvalue weighted by Crippen LogP contribution is -2.36. The minimum Gasteiger partial charge on any atom is -0.423 e. The Bertz CT molecular complexity index is 1210. The van der Waals surface area contributed by atoms with Gasteiger partial charge < -0.3 is 14.5 Å². The summed E-state index contributed by atoms with van der Waals surface area (Å²) >= 11 is 1.65. The van der Waals surface area contributed by atoms with Gasteiger partial charge in [0.15, 0.2) is 0 Å². The van der Waals surface area contributed by atoms with Crippen LogP contribution in [0.1, 0.15) is 36.4 Å². The van der Waals surface area contributed by atoms with E-state index in [1.807, 2.05) is 6.07 Å². The zero-order valence-corrected chi connectivity index (χ0v) is 18.5. The zero-order valence-electron chi connectivity index (χ0n) is 17.7. The molecule has 1 saturated heterocycles. The van der Waals surface area contributed by atoms with Crippen LogP contribution < -0.4 is 5.32 Å². The Morgan fingerprint density at radius 2 is 1.91 bits per heavy atom. The van der Waals surface area contributed by atoms with Gasteiger partial charge in [0, 0.05) is 30.0 Å². The van der Waals surface area contributed by atoms with Crippen molar-refractivity contribution < 1.29 is 9.15 Å². The van der Waals surface area contributed by atoms with Crippen molar-refractivity contribution in [3.8, 4) is 11.1 Å². The van der Waals surface area contributed by atoms with Crippen molar-refractivity contribution in [1.29, 1.82) is 0 Å². The van der Waals surface area contributed by atoms with Crippen molar-refractivity contribution in [2.24, 2.45) is 0 Å². The Morgan fingerprint density at radius 1 is 1.06 bits per heavy atom. The van der Waals surface area contributed by atoms with Crippen LogP contribution in [-0.4, -0.2) is 51.4 Å². The lowest BCUT2D eigenvalue weighted by atomic mass is 10.1. The molecule has 164 valence electrons. The van der Waals surface area contributed by atoms with E-state index in [1.54, 1.807) is 11.3 Å². The van der Waals surface area contributed by atoms with Crippen molar-refractivity contribution in [1.82, 2.24) is 25.1 Å². The molecule has 1 aliphatic heterocycles. The van der Waals surface area contributed by atoms with Crippen molar-refractivity contribution in [3.05, 3.63) is 53.3 Å². The molecule has 0 bridgehead atoms. The smallest absolute Gasteiger partial charge is 0.235 e. The van der Waals surface area contributed by atoms with E-state index in [4.69, 9.17) is 19.1 Å². The second-order valence-corrected chi connectivity index (χ2v) is 9.09. The SMILES string of the molecule is c1ccc(-c2csc3nc(CN4CCOCC4)nc(NCc4nnc(C5CC5)o4)c23)cc1. The number of morpholine rings is 1. The number of rotatable bonds is 7. The fourth-order valence-electron chi connectivity index (χ4n) is 3.97. The van der Waals surface area contributed by atoms with Gasteiger partial charge in [-0.1, -0.05) is 30.3 Å². The lowest BCUT2D eigenvalue weighted by Gasteiger charge is -2.25. The van der Waals surface area contributed by atoms with E-state index in [0.29, 0.717) is 24.9 Å². The van der Waals surface area contributed by atoms with Crippen LogP contribution in [0.25, 0.3) is 21.3 Å². The largest absolute Gasteiger partial charge is 0.423 e. The zero-order chi connectivity index (χ0) is 21.3. The standard InChI is InChI=1S/C23H24N6O2S/c1-2-4-15(5-3-1)17-14-32-23-20(17)21(24-12-19-27-28-22(31-19)16-6-7-16)25-18(26-23)13-29-8-10-30-11-9-29/h1-5,14,16H,6-13H2,(H,24,25,26). The van der Waals surface area contributed by atoms with Crippen molar-refractivity contribution in [3.63, 3.8) is 0 Å². The van der Waals surface area contributed by atoms with Crippen LogP contribution in [0.3, 0.4) is 0 Å². The predicted octanol–water partition coefficient (Wildman–Crippen LogP) is 4.06. The first-order valence-corrected chi connectivity index (χ1v) is 11.9. The summed E-state index contributed by atoms with van der Waals surface area (Å²) in [5.41, 5.74) is 2.29. The Kier molecular flexibility index (Phi) is 5.30. The lowest BCUT2D eigenvalue weighted by molar-refractivity contribution is 0.0331. The highest BCUT2D eigenvalue weighted by Gasteiger charge is 2.29. The maximum absolute atomic E-state index is 5.84. The maximum Gasteiger partial charge on any atom is 0.235 e. The molecule has 1 saturated carbocycles. The molecule has 0 radical (unpaired) electrons. The molecule has 2 aliphatic rings. The molecule has 1 N–H and O–H groups in total. The van der Waals surface area contributed by atoms with E-state index in [0.717, 1.165) is 78.0 Å². The van der Waals surface area contributed by atoms with Gasteiger partial charge in [0.05, 0.1) is 31.7 Å². The third-order valence-corrected chi connectivity index (χ3v) is 6.72. The molecule has 9 heteroatoms. The number of nitrogens with zero attached hydrogens (tertiary/aromatic N) is 5. The average Bonchev–Trinajstić information content (AvgIpc) is 3.42. The molecule has 3 aromatic heterocycles. The van der Waals surface area contributed by atoms with E-state index in [2.05, 4.69) is 50.1 Å².